The fourth-order valence-corrected chi connectivity index (χ4v) is 6.15. The normalized spacial score (nSPS) is 24.3. The highest BCUT2D eigenvalue weighted by molar-refractivity contribution is 7.22. The Morgan fingerprint density at radius 1 is 1.24 bits per heavy atom. The van der Waals surface area contributed by atoms with Crippen molar-refractivity contribution in [3.05, 3.63) is 59.3 Å². The molecule has 0 radical (unpaired) electrons. The Hall–Kier alpha value is -3.46. The molecule has 1 amide bonds. The molecule has 0 N–H and O–H groups in total. The minimum atomic E-state index is -0.738. The number of carbonyl (C=O) groups is 3. The van der Waals surface area contributed by atoms with Crippen LogP contribution in [0.4, 0.5) is 5.13 Å². The predicted octanol–water partition coefficient (Wildman–Crippen LogP) is 4.57. The zero-order valence-corrected chi connectivity index (χ0v) is 19.3. The number of hydrogen-bond acceptors (Lipinski definition) is 8. The van der Waals surface area contributed by atoms with Gasteiger partial charge in [0.2, 0.25) is 0 Å². The summed E-state index contributed by atoms with van der Waals surface area (Å²) in [6.45, 7) is 2.04. The zero-order valence-electron chi connectivity index (χ0n) is 18.5. The number of ether oxygens (including phenoxy) is 2. The van der Waals surface area contributed by atoms with Crippen molar-refractivity contribution < 1.29 is 28.3 Å². The molecule has 174 valence electrons. The van der Waals surface area contributed by atoms with Crippen LogP contribution in [0.5, 0.6) is 0 Å². The van der Waals surface area contributed by atoms with Gasteiger partial charge in [-0.15, -0.1) is 0 Å². The number of esters is 1. The average Bonchev–Trinajstić information content (AvgIpc) is 3.57. The Morgan fingerprint density at radius 3 is 2.88 bits per heavy atom. The van der Waals surface area contributed by atoms with Crippen molar-refractivity contribution in [2.45, 2.75) is 44.8 Å². The van der Waals surface area contributed by atoms with Crippen molar-refractivity contribution in [3.63, 3.8) is 0 Å². The van der Waals surface area contributed by atoms with E-state index in [4.69, 9.17) is 13.9 Å². The number of benzene rings is 1. The Morgan fingerprint density at radius 2 is 2.09 bits per heavy atom. The van der Waals surface area contributed by atoms with Gasteiger partial charge in [-0.1, -0.05) is 17.8 Å². The molecule has 2 aliphatic heterocycles. The molecular weight excluding hydrogens is 456 g/mol. The monoisotopic (exact) mass is 478 g/mol. The summed E-state index contributed by atoms with van der Waals surface area (Å²) in [6, 6.07) is 7.85. The minimum Gasteiger partial charge on any atom is -0.483 e. The van der Waals surface area contributed by atoms with Crippen LogP contribution in [-0.4, -0.2) is 35.4 Å². The summed E-state index contributed by atoms with van der Waals surface area (Å²) in [5.41, 5.74) is 1.42. The van der Waals surface area contributed by atoms with E-state index in [0.29, 0.717) is 27.5 Å². The first-order valence-electron chi connectivity index (χ1n) is 11.5. The maximum atomic E-state index is 13.6. The first-order chi connectivity index (χ1) is 16.6. The van der Waals surface area contributed by atoms with Crippen molar-refractivity contribution in [1.82, 2.24) is 4.98 Å². The molecule has 2 aromatic heterocycles. The van der Waals surface area contributed by atoms with Crippen LogP contribution in [0.25, 0.3) is 10.2 Å². The average molecular weight is 479 g/mol. The molecular formula is C25H22N2O6S. The molecule has 3 unspecified atom stereocenters. The number of thiazole rings is 1. The van der Waals surface area contributed by atoms with Gasteiger partial charge in [0.25, 0.3) is 5.91 Å². The lowest BCUT2D eigenvalue weighted by Gasteiger charge is -2.35. The molecule has 9 heteroatoms. The first kappa shape index (κ1) is 21.1. The van der Waals surface area contributed by atoms with E-state index in [1.807, 2.05) is 0 Å². The molecule has 3 atom stereocenters. The van der Waals surface area contributed by atoms with E-state index in [0.717, 1.165) is 30.4 Å². The fraction of sp³-hybridized carbons (Fsp3) is 0.360. The second-order valence-corrected chi connectivity index (χ2v) is 9.66. The number of carbonyl (C=O) groups excluding carboxylic acids is 3. The zero-order chi connectivity index (χ0) is 23.4. The minimum absolute atomic E-state index is 0.0334. The second kappa shape index (κ2) is 8.09. The number of nitrogens with zero attached hydrogens (tertiary/aromatic N) is 2. The molecule has 6 rings (SSSR count). The lowest BCUT2D eigenvalue weighted by atomic mass is 9.78. The van der Waals surface area contributed by atoms with Crippen LogP contribution >= 0.6 is 11.3 Å². The van der Waals surface area contributed by atoms with Gasteiger partial charge in [-0.2, -0.15) is 0 Å². The summed E-state index contributed by atoms with van der Waals surface area (Å²) in [4.78, 5) is 45.6. The number of furan rings is 1. The Bertz CT molecular complexity index is 1340. The highest BCUT2D eigenvalue weighted by atomic mass is 32.1. The molecule has 3 aromatic rings. The van der Waals surface area contributed by atoms with Gasteiger partial charge < -0.3 is 13.9 Å². The highest BCUT2D eigenvalue weighted by Gasteiger charge is 2.54. The Labute approximate surface area is 199 Å². The maximum absolute atomic E-state index is 13.6. The van der Waals surface area contributed by atoms with Gasteiger partial charge in [0.05, 0.1) is 40.1 Å². The number of rotatable bonds is 4. The summed E-state index contributed by atoms with van der Waals surface area (Å²) < 4.78 is 17.7. The third-order valence-electron chi connectivity index (χ3n) is 6.67. The lowest BCUT2D eigenvalue weighted by molar-refractivity contribution is -0.131. The largest absolute Gasteiger partial charge is 0.483 e. The van der Waals surface area contributed by atoms with Gasteiger partial charge in [-0.25, -0.2) is 9.78 Å². The van der Waals surface area contributed by atoms with Crippen LogP contribution in [0.3, 0.4) is 0 Å². The number of ketones is 1. The van der Waals surface area contributed by atoms with E-state index in [2.05, 4.69) is 4.98 Å². The van der Waals surface area contributed by atoms with Gasteiger partial charge in [-0.05, 0) is 56.5 Å². The molecule has 8 nitrogen and oxygen atoms in total. The van der Waals surface area contributed by atoms with E-state index in [1.165, 1.54) is 22.5 Å². The van der Waals surface area contributed by atoms with Crippen molar-refractivity contribution >= 4 is 44.3 Å². The molecule has 1 aliphatic carbocycles. The van der Waals surface area contributed by atoms with Crippen LogP contribution < -0.4 is 4.90 Å². The molecule has 34 heavy (non-hydrogen) atoms. The number of anilines is 1. The van der Waals surface area contributed by atoms with Gasteiger partial charge >= 0.3 is 5.97 Å². The first-order valence-corrected chi connectivity index (χ1v) is 12.3. The predicted molar refractivity (Wildman–Crippen MR) is 123 cm³/mol. The van der Waals surface area contributed by atoms with Gasteiger partial charge in [0.1, 0.15) is 17.9 Å². The number of Topliss-reactive ketones (excluding diaryl/α,β-unsaturated/α-hetero) is 1. The molecule has 3 aliphatic rings. The van der Waals surface area contributed by atoms with E-state index < -0.39 is 17.9 Å². The van der Waals surface area contributed by atoms with Gasteiger partial charge in [0.15, 0.2) is 16.7 Å². The molecule has 4 heterocycles. The lowest BCUT2D eigenvalue weighted by Crippen LogP contribution is -2.39. The standard InChI is InChI=1S/C25H22N2O6S/c1-2-31-24(30)13-9-10-15-18(12-13)34-25(26-15)27-20(17-8-5-11-32-17)19-21(28)14-6-3-4-7-16(14)33-22(19)23(27)29/h5,8-12,14,16,20H,2-4,6-7H2,1H3. The summed E-state index contributed by atoms with van der Waals surface area (Å²) in [7, 11) is 0. The van der Waals surface area contributed by atoms with Crippen LogP contribution in [0.2, 0.25) is 0 Å². The van der Waals surface area contributed by atoms with Crippen molar-refractivity contribution in [1.29, 1.82) is 0 Å². The summed E-state index contributed by atoms with van der Waals surface area (Å²) in [6.07, 6.45) is 4.75. The topological polar surface area (TPSA) is 98.9 Å². The van der Waals surface area contributed by atoms with E-state index in [9.17, 15) is 14.4 Å². The molecule has 0 saturated heterocycles. The molecule has 1 aromatic carbocycles. The summed E-state index contributed by atoms with van der Waals surface area (Å²) in [5.74, 6) is -0.478. The van der Waals surface area contributed by atoms with Crippen LogP contribution in [0.15, 0.2) is 52.3 Å². The molecule has 0 spiro atoms. The third kappa shape index (κ3) is 3.18. The van der Waals surface area contributed by atoms with Crippen molar-refractivity contribution in [2.75, 3.05) is 11.5 Å². The Balaban J connectivity index is 1.44. The fourth-order valence-electron chi connectivity index (χ4n) is 5.12. The number of hydrogen-bond donors (Lipinski definition) is 0. The number of fused-ring (bicyclic) bond motifs is 2. The highest BCUT2D eigenvalue weighted by Crippen LogP contribution is 2.49. The van der Waals surface area contributed by atoms with Crippen molar-refractivity contribution in [2.24, 2.45) is 5.92 Å². The molecule has 0 bridgehead atoms. The van der Waals surface area contributed by atoms with Crippen molar-refractivity contribution in [3.8, 4) is 0 Å². The maximum Gasteiger partial charge on any atom is 0.338 e. The molecule has 1 saturated carbocycles. The summed E-state index contributed by atoms with van der Waals surface area (Å²) in [5, 5.41) is 0.413. The van der Waals surface area contributed by atoms with E-state index in [-0.39, 0.29) is 30.2 Å². The third-order valence-corrected chi connectivity index (χ3v) is 7.69. The quantitative estimate of drug-likeness (QED) is 0.507. The smallest absolute Gasteiger partial charge is 0.338 e. The number of amides is 1. The van der Waals surface area contributed by atoms with Crippen LogP contribution in [0.1, 0.15) is 54.8 Å². The van der Waals surface area contributed by atoms with Gasteiger partial charge in [-0.3, -0.25) is 14.5 Å². The summed E-state index contributed by atoms with van der Waals surface area (Å²) >= 11 is 1.27. The number of aromatic nitrogens is 1. The SMILES string of the molecule is CCOC(=O)c1ccc2nc(N3C(=O)C4=C(C(=O)C5CCCCC5O4)C3c3ccco3)sc2c1. The Kier molecular flexibility index (Phi) is 5.02. The van der Waals surface area contributed by atoms with Crippen LogP contribution in [0, 0.1) is 5.92 Å². The second-order valence-electron chi connectivity index (χ2n) is 8.65. The van der Waals surface area contributed by atoms with Gasteiger partial charge in [0, 0.05) is 0 Å². The van der Waals surface area contributed by atoms with Crippen LogP contribution in [-0.2, 0) is 19.1 Å². The van der Waals surface area contributed by atoms with E-state index in [1.54, 1.807) is 37.3 Å². The van der Waals surface area contributed by atoms with E-state index >= 15 is 0 Å². The molecule has 1 fully saturated rings.